The van der Waals surface area contributed by atoms with E-state index in [1.54, 1.807) is 12.4 Å². The van der Waals surface area contributed by atoms with E-state index in [1.807, 2.05) is 35.2 Å². The third-order valence-electron chi connectivity index (χ3n) is 5.91. The minimum atomic E-state index is -0.412. The van der Waals surface area contributed by atoms with E-state index in [0.29, 0.717) is 18.2 Å². The summed E-state index contributed by atoms with van der Waals surface area (Å²) in [6.45, 7) is 2.00. The van der Waals surface area contributed by atoms with Gasteiger partial charge in [-0.15, -0.1) is 0 Å². The Kier molecular flexibility index (Phi) is 5.46. The van der Waals surface area contributed by atoms with Crippen LogP contribution in [0.1, 0.15) is 43.2 Å². The third kappa shape index (κ3) is 3.87. The second kappa shape index (κ2) is 7.99. The quantitative estimate of drug-likeness (QED) is 0.768. The molecule has 2 fully saturated rings. The molecule has 1 atom stereocenters. The maximum absolute atomic E-state index is 13.5. The van der Waals surface area contributed by atoms with Gasteiger partial charge in [0.1, 0.15) is 0 Å². The van der Waals surface area contributed by atoms with Gasteiger partial charge < -0.3 is 9.64 Å². The Morgan fingerprint density at radius 3 is 2.74 bits per heavy atom. The van der Waals surface area contributed by atoms with Crippen LogP contribution in [-0.4, -0.2) is 35.0 Å². The SMILES string of the molecule is O=C(N1CC[C@H](OCc2ccncc2)C1)C1(c2cccc(Cl)c2)CCCC1. The first kappa shape index (κ1) is 18.5. The highest BCUT2D eigenvalue weighted by molar-refractivity contribution is 6.30. The average molecular weight is 385 g/mol. The van der Waals surface area contributed by atoms with Gasteiger partial charge in [-0.3, -0.25) is 9.78 Å². The predicted octanol–water partition coefficient (Wildman–Crippen LogP) is 4.36. The van der Waals surface area contributed by atoms with Crippen molar-refractivity contribution in [1.82, 2.24) is 9.88 Å². The lowest BCUT2D eigenvalue weighted by Crippen LogP contribution is -2.45. The lowest BCUT2D eigenvalue weighted by molar-refractivity contribution is -0.136. The zero-order chi connectivity index (χ0) is 18.7. The Balaban J connectivity index is 1.44. The number of benzene rings is 1. The van der Waals surface area contributed by atoms with Gasteiger partial charge >= 0.3 is 0 Å². The van der Waals surface area contributed by atoms with Crippen LogP contribution in [0.25, 0.3) is 0 Å². The molecule has 2 aliphatic rings. The van der Waals surface area contributed by atoms with E-state index in [2.05, 4.69) is 11.1 Å². The van der Waals surface area contributed by atoms with Gasteiger partial charge in [0.25, 0.3) is 0 Å². The van der Waals surface area contributed by atoms with Crippen LogP contribution in [0.4, 0.5) is 0 Å². The van der Waals surface area contributed by atoms with Crippen LogP contribution in [-0.2, 0) is 21.6 Å². The topological polar surface area (TPSA) is 42.4 Å². The van der Waals surface area contributed by atoms with Crippen LogP contribution in [0, 0.1) is 0 Å². The van der Waals surface area contributed by atoms with Gasteiger partial charge in [-0.1, -0.05) is 36.6 Å². The summed E-state index contributed by atoms with van der Waals surface area (Å²) in [6, 6.07) is 11.8. The number of likely N-dealkylation sites (tertiary alicyclic amines) is 1. The van der Waals surface area contributed by atoms with Crippen molar-refractivity contribution >= 4 is 17.5 Å². The first-order valence-corrected chi connectivity index (χ1v) is 10.1. The molecule has 1 aliphatic carbocycles. The Labute approximate surface area is 165 Å². The molecule has 142 valence electrons. The van der Waals surface area contributed by atoms with Gasteiger partial charge in [-0.25, -0.2) is 0 Å². The molecule has 5 heteroatoms. The molecule has 4 rings (SSSR count). The zero-order valence-corrected chi connectivity index (χ0v) is 16.2. The number of hydrogen-bond donors (Lipinski definition) is 0. The molecule has 1 saturated heterocycles. The molecular formula is C22H25ClN2O2. The minimum absolute atomic E-state index is 0.0972. The van der Waals surface area contributed by atoms with Crippen LogP contribution in [0.15, 0.2) is 48.8 Å². The highest BCUT2D eigenvalue weighted by atomic mass is 35.5. The molecule has 0 radical (unpaired) electrons. The molecule has 2 heterocycles. The number of carbonyl (C=O) groups excluding carboxylic acids is 1. The lowest BCUT2D eigenvalue weighted by atomic mass is 9.77. The summed E-state index contributed by atoms with van der Waals surface area (Å²) in [5.74, 6) is 0.247. The van der Waals surface area contributed by atoms with Crippen molar-refractivity contribution in [2.75, 3.05) is 13.1 Å². The zero-order valence-electron chi connectivity index (χ0n) is 15.4. The molecule has 1 aliphatic heterocycles. The number of amides is 1. The van der Waals surface area contributed by atoms with Crippen molar-refractivity contribution in [1.29, 1.82) is 0 Å². The van der Waals surface area contributed by atoms with Crippen LogP contribution in [0.5, 0.6) is 0 Å². The van der Waals surface area contributed by atoms with Crippen molar-refractivity contribution in [2.24, 2.45) is 0 Å². The van der Waals surface area contributed by atoms with Gasteiger partial charge in [-0.05, 0) is 54.7 Å². The third-order valence-corrected chi connectivity index (χ3v) is 6.15. The second-order valence-electron chi connectivity index (χ2n) is 7.63. The fourth-order valence-electron chi connectivity index (χ4n) is 4.44. The summed E-state index contributed by atoms with van der Waals surface area (Å²) in [6.07, 6.45) is 8.54. The predicted molar refractivity (Wildman–Crippen MR) is 106 cm³/mol. The smallest absolute Gasteiger partial charge is 0.233 e. The molecule has 2 aromatic rings. The molecule has 27 heavy (non-hydrogen) atoms. The largest absolute Gasteiger partial charge is 0.372 e. The van der Waals surface area contributed by atoms with Gasteiger partial charge in [0.05, 0.1) is 18.1 Å². The maximum Gasteiger partial charge on any atom is 0.233 e. The molecule has 1 saturated carbocycles. The number of aromatic nitrogens is 1. The summed E-state index contributed by atoms with van der Waals surface area (Å²) < 4.78 is 6.05. The number of halogens is 1. The first-order valence-electron chi connectivity index (χ1n) is 9.73. The van der Waals surface area contributed by atoms with Crippen molar-refractivity contribution in [3.63, 3.8) is 0 Å². The van der Waals surface area contributed by atoms with Crippen molar-refractivity contribution in [3.05, 3.63) is 64.9 Å². The number of nitrogens with zero attached hydrogens (tertiary/aromatic N) is 2. The Morgan fingerprint density at radius 1 is 1.22 bits per heavy atom. The van der Waals surface area contributed by atoms with E-state index in [-0.39, 0.29) is 12.0 Å². The fourth-order valence-corrected chi connectivity index (χ4v) is 4.63. The van der Waals surface area contributed by atoms with Gasteiger partial charge in [0.15, 0.2) is 0 Å². The molecular weight excluding hydrogens is 360 g/mol. The summed E-state index contributed by atoms with van der Waals surface area (Å²) in [7, 11) is 0. The maximum atomic E-state index is 13.5. The summed E-state index contributed by atoms with van der Waals surface area (Å²) in [5, 5.41) is 0.701. The lowest BCUT2D eigenvalue weighted by Gasteiger charge is -2.33. The Bertz CT molecular complexity index is 790. The molecule has 0 bridgehead atoms. The Hall–Kier alpha value is -1.91. The molecule has 4 nitrogen and oxygen atoms in total. The van der Waals surface area contributed by atoms with Gasteiger partial charge in [0.2, 0.25) is 5.91 Å². The normalized spacial score (nSPS) is 21.5. The number of carbonyl (C=O) groups is 1. The summed E-state index contributed by atoms with van der Waals surface area (Å²) in [4.78, 5) is 19.6. The highest BCUT2D eigenvalue weighted by Gasteiger charge is 2.46. The van der Waals surface area contributed by atoms with E-state index in [9.17, 15) is 4.79 Å². The van der Waals surface area contributed by atoms with E-state index in [0.717, 1.165) is 49.8 Å². The van der Waals surface area contributed by atoms with Gasteiger partial charge in [-0.2, -0.15) is 0 Å². The van der Waals surface area contributed by atoms with Crippen molar-refractivity contribution in [2.45, 2.75) is 50.2 Å². The average Bonchev–Trinajstić information content (AvgIpc) is 3.37. The number of hydrogen-bond acceptors (Lipinski definition) is 3. The van der Waals surface area contributed by atoms with Crippen LogP contribution in [0.2, 0.25) is 5.02 Å². The highest BCUT2D eigenvalue weighted by Crippen LogP contribution is 2.43. The number of pyridine rings is 1. The number of rotatable bonds is 5. The molecule has 0 unspecified atom stereocenters. The standard InChI is InChI=1S/C22H25ClN2O2/c23-19-5-3-4-18(14-19)22(9-1-2-10-22)21(26)25-13-8-20(15-25)27-16-17-6-11-24-12-7-17/h3-7,11-12,14,20H,1-2,8-10,13,15-16H2/t20-/m0/s1. The molecule has 1 amide bonds. The minimum Gasteiger partial charge on any atom is -0.372 e. The van der Waals surface area contributed by atoms with E-state index >= 15 is 0 Å². The second-order valence-corrected chi connectivity index (χ2v) is 8.06. The first-order chi connectivity index (χ1) is 13.2. The van der Waals surface area contributed by atoms with Gasteiger partial charge in [0, 0.05) is 30.5 Å². The van der Waals surface area contributed by atoms with Crippen LogP contribution < -0.4 is 0 Å². The van der Waals surface area contributed by atoms with E-state index < -0.39 is 5.41 Å². The Morgan fingerprint density at radius 2 is 2.00 bits per heavy atom. The molecule has 0 spiro atoms. The van der Waals surface area contributed by atoms with E-state index in [4.69, 9.17) is 16.3 Å². The monoisotopic (exact) mass is 384 g/mol. The van der Waals surface area contributed by atoms with Crippen molar-refractivity contribution in [3.8, 4) is 0 Å². The number of ether oxygens (including phenoxy) is 1. The molecule has 1 aromatic carbocycles. The molecule has 0 N–H and O–H groups in total. The fraction of sp³-hybridized carbons (Fsp3) is 0.455. The van der Waals surface area contributed by atoms with Crippen LogP contribution in [0.3, 0.4) is 0 Å². The van der Waals surface area contributed by atoms with Crippen LogP contribution >= 0.6 is 11.6 Å². The van der Waals surface area contributed by atoms with Crippen molar-refractivity contribution < 1.29 is 9.53 Å². The summed E-state index contributed by atoms with van der Waals surface area (Å²) in [5.41, 5.74) is 1.77. The molecule has 1 aromatic heterocycles. The summed E-state index contributed by atoms with van der Waals surface area (Å²) >= 11 is 6.22. The van der Waals surface area contributed by atoms with E-state index in [1.165, 1.54) is 0 Å².